The van der Waals surface area contributed by atoms with E-state index in [2.05, 4.69) is 35.9 Å². The topological polar surface area (TPSA) is 28.8 Å². The van der Waals surface area contributed by atoms with Crippen molar-refractivity contribution < 1.29 is 0 Å². The minimum Gasteiger partial charge on any atom is -0.380 e. The van der Waals surface area contributed by atoms with Crippen molar-refractivity contribution in [2.75, 3.05) is 5.32 Å². The molecule has 1 N–H and O–H groups in total. The number of para-hydroxylation sites is 1. The van der Waals surface area contributed by atoms with E-state index in [1.54, 1.807) is 0 Å². The van der Waals surface area contributed by atoms with Gasteiger partial charge in [0.2, 0.25) is 0 Å². The lowest BCUT2D eigenvalue weighted by atomic mass is 10.0. The third-order valence-corrected chi connectivity index (χ3v) is 3.44. The van der Waals surface area contributed by atoms with Crippen LogP contribution in [0.25, 0.3) is 4.85 Å². The largest absolute Gasteiger partial charge is 0.380 e. The number of aliphatic imine (C=N–C) groups is 1. The van der Waals surface area contributed by atoms with Crippen LogP contribution in [0.3, 0.4) is 0 Å². The average molecular weight is 305 g/mol. The average Bonchev–Trinajstić information content (AvgIpc) is 2.48. The van der Waals surface area contributed by atoms with Crippen molar-refractivity contribution in [1.82, 2.24) is 0 Å². The number of nitrogens with one attached hydrogen (secondary N) is 1. The highest BCUT2D eigenvalue weighted by Gasteiger charge is 2.14. The highest BCUT2D eigenvalue weighted by Crippen LogP contribution is 2.29. The van der Waals surface area contributed by atoms with Crippen LogP contribution in [-0.4, -0.2) is 11.8 Å². The number of hydrogen-bond acceptors (Lipinski definition) is 2. The van der Waals surface area contributed by atoms with Gasteiger partial charge in [0.1, 0.15) is 0 Å². The molecule has 23 heavy (non-hydrogen) atoms. The lowest BCUT2D eigenvalue weighted by molar-refractivity contribution is 0.633. The highest BCUT2D eigenvalue weighted by molar-refractivity contribution is 5.92. The van der Waals surface area contributed by atoms with Crippen LogP contribution < -0.4 is 5.32 Å². The third kappa shape index (κ3) is 4.43. The van der Waals surface area contributed by atoms with E-state index in [1.165, 1.54) is 0 Å². The summed E-state index contributed by atoms with van der Waals surface area (Å²) in [5.74, 6) is 0. The first kappa shape index (κ1) is 16.8. The summed E-state index contributed by atoms with van der Waals surface area (Å²) in [4.78, 5) is 8.18. The molecular formula is C20H23N3. The molecule has 0 bridgehead atoms. The first-order chi connectivity index (χ1) is 10.8. The fraction of sp³-hybridized carbons (Fsp3) is 0.300. The van der Waals surface area contributed by atoms with Crippen LogP contribution in [-0.2, 0) is 0 Å². The zero-order valence-corrected chi connectivity index (χ0v) is 14.4. The number of benzene rings is 2. The minimum atomic E-state index is -0.0599. The second-order valence-corrected chi connectivity index (χ2v) is 6.76. The fourth-order valence-electron chi connectivity index (χ4n) is 2.35. The van der Waals surface area contributed by atoms with Crippen molar-refractivity contribution in [3.8, 4) is 0 Å². The van der Waals surface area contributed by atoms with Gasteiger partial charge in [0.05, 0.1) is 12.3 Å². The summed E-state index contributed by atoms with van der Waals surface area (Å²) < 4.78 is 0. The Morgan fingerprint density at radius 1 is 1.09 bits per heavy atom. The van der Waals surface area contributed by atoms with Crippen molar-refractivity contribution in [1.29, 1.82) is 0 Å². The van der Waals surface area contributed by atoms with Gasteiger partial charge >= 0.3 is 0 Å². The van der Waals surface area contributed by atoms with Gasteiger partial charge in [0.15, 0.2) is 5.69 Å². The molecule has 0 atom stereocenters. The van der Waals surface area contributed by atoms with Crippen molar-refractivity contribution in [3.63, 3.8) is 0 Å². The predicted octanol–water partition coefficient (Wildman–Crippen LogP) is 5.82. The van der Waals surface area contributed by atoms with Crippen molar-refractivity contribution in [2.45, 2.75) is 40.2 Å². The second-order valence-electron chi connectivity index (χ2n) is 6.76. The van der Waals surface area contributed by atoms with Gasteiger partial charge < -0.3 is 5.32 Å². The van der Waals surface area contributed by atoms with Gasteiger partial charge in [-0.25, -0.2) is 4.85 Å². The summed E-state index contributed by atoms with van der Waals surface area (Å²) in [6, 6.07) is 11.8. The van der Waals surface area contributed by atoms with Crippen LogP contribution in [0.15, 0.2) is 41.4 Å². The zero-order chi connectivity index (χ0) is 17.0. The molecule has 3 nitrogen and oxygen atoms in total. The smallest absolute Gasteiger partial charge is 0.188 e. The molecule has 118 valence electrons. The summed E-state index contributed by atoms with van der Waals surface area (Å²) in [5.41, 5.74) is 5.67. The van der Waals surface area contributed by atoms with Gasteiger partial charge in [0.25, 0.3) is 0 Å². The zero-order valence-electron chi connectivity index (χ0n) is 14.4. The molecule has 0 aliphatic carbocycles. The molecule has 0 saturated heterocycles. The summed E-state index contributed by atoms with van der Waals surface area (Å²) in [7, 11) is 0. The van der Waals surface area contributed by atoms with Crippen molar-refractivity contribution >= 4 is 23.3 Å². The Hall–Kier alpha value is -2.60. The molecule has 2 aromatic carbocycles. The van der Waals surface area contributed by atoms with Crippen molar-refractivity contribution in [2.24, 2.45) is 4.99 Å². The minimum absolute atomic E-state index is 0.0599. The van der Waals surface area contributed by atoms with Crippen LogP contribution in [0, 0.1) is 20.4 Å². The molecule has 0 fully saturated rings. The Bertz CT molecular complexity index is 774. The van der Waals surface area contributed by atoms with Crippen molar-refractivity contribution in [3.05, 3.63) is 64.5 Å². The van der Waals surface area contributed by atoms with E-state index in [9.17, 15) is 0 Å². The molecule has 0 saturated carbocycles. The number of hydrogen-bond donors (Lipinski definition) is 1. The van der Waals surface area contributed by atoms with E-state index in [1.807, 2.05) is 56.5 Å². The summed E-state index contributed by atoms with van der Waals surface area (Å²) in [6.07, 6.45) is 1.85. The van der Waals surface area contributed by atoms with Crippen LogP contribution in [0.1, 0.15) is 37.5 Å². The maximum atomic E-state index is 7.28. The molecule has 2 aromatic rings. The standard InChI is InChI=1S/C20H23N3/c1-14-9-7-8-10-18(14)22-13-16-12-17(21-6)11-15(2)19(16)23-20(3,4)5/h7-13,23H,1-5H3. The summed E-state index contributed by atoms with van der Waals surface area (Å²) >= 11 is 0. The van der Waals surface area contributed by atoms with Crippen LogP contribution in [0.5, 0.6) is 0 Å². The van der Waals surface area contributed by atoms with Crippen LogP contribution >= 0.6 is 0 Å². The van der Waals surface area contributed by atoms with Gasteiger partial charge in [-0.3, -0.25) is 4.99 Å². The maximum Gasteiger partial charge on any atom is 0.188 e. The van der Waals surface area contributed by atoms with E-state index in [-0.39, 0.29) is 5.54 Å². The molecule has 0 aromatic heterocycles. The number of aryl methyl sites for hydroxylation is 2. The van der Waals surface area contributed by atoms with Gasteiger partial charge in [-0.15, -0.1) is 0 Å². The van der Waals surface area contributed by atoms with E-state index in [0.717, 1.165) is 28.1 Å². The number of nitrogens with zero attached hydrogens (tertiary/aromatic N) is 2. The van der Waals surface area contributed by atoms with Gasteiger partial charge in [-0.05, 0) is 57.9 Å². The molecule has 0 aliphatic heterocycles. The lowest BCUT2D eigenvalue weighted by Crippen LogP contribution is -2.27. The first-order valence-electron chi connectivity index (χ1n) is 7.70. The van der Waals surface area contributed by atoms with Crippen LogP contribution in [0.4, 0.5) is 17.1 Å². The molecular weight excluding hydrogens is 282 g/mol. The van der Waals surface area contributed by atoms with Crippen LogP contribution in [0.2, 0.25) is 0 Å². The lowest BCUT2D eigenvalue weighted by Gasteiger charge is -2.25. The molecule has 3 heteroatoms. The monoisotopic (exact) mass is 305 g/mol. The molecule has 0 unspecified atom stereocenters. The Labute approximate surface area is 138 Å². The highest BCUT2D eigenvalue weighted by atomic mass is 15.0. The summed E-state index contributed by atoms with van der Waals surface area (Å²) in [5, 5.41) is 3.53. The van der Waals surface area contributed by atoms with Gasteiger partial charge in [0, 0.05) is 23.0 Å². The SMILES string of the molecule is [C-]#[N+]c1cc(C)c(NC(C)(C)C)c(C=Nc2ccccc2C)c1. The van der Waals surface area contributed by atoms with E-state index >= 15 is 0 Å². The number of anilines is 1. The maximum absolute atomic E-state index is 7.28. The first-order valence-corrected chi connectivity index (χ1v) is 7.70. The fourth-order valence-corrected chi connectivity index (χ4v) is 2.35. The van der Waals surface area contributed by atoms with E-state index in [0.29, 0.717) is 5.69 Å². The Kier molecular flexibility index (Phi) is 4.86. The normalized spacial score (nSPS) is 11.5. The third-order valence-electron chi connectivity index (χ3n) is 3.44. The van der Waals surface area contributed by atoms with Gasteiger partial charge in [-0.2, -0.15) is 0 Å². The van der Waals surface area contributed by atoms with Gasteiger partial charge in [-0.1, -0.05) is 24.3 Å². The Morgan fingerprint density at radius 2 is 1.78 bits per heavy atom. The Balaban J connectivity index is 2.49. The molecule has 0 spiro atoms. The van der Waals surface area contributed by atoms with E-state index in [4.69, 9.17) is 6.57 Å². The summed E-state index contributed by atoms with van der Waals surface area (Å²) in [6.45, 7) is 17.7. The Morgan fingerprint density at radius 3 is 2.39 bits per heavy atom. The van der Waals surface area contributed by atoms with E-state index < -0.39 is 0 Å². The molecule has 2 rings (SSSR count). The molecule has 0 aliphatic rings. The molecule has 0 amide bonds. The molecule has 0 heterocycles. The quantitative estimate of drug-likeness (QED) is 0.562. The predicted molar refractivity (Wildman–Crippen MR) is 99.2 cm³/mol. The number of rotatable bonds is 3. The molecule has 0 radical (unpaired) electrons. The second kappa shape index (κ2) is 6.66.